The summed E-state index contributed by atoms with van der Waals surface area (Å²) in [7, 11) is 1.34. The molecule has 0 amide bonds. The van der Waals surface area contributed by atoms with E-state index in [0.29, 0.717) is 12.1 Å². The number of benzene rings is 1. The van der Waals surface area contributed by atoms with Gasteiger partial charge in [0, 0.05) is 6.20 Å². The van der Waals surface area contributed by atoms with Gasteiger partial charge in [-0.05, 0) is 29.7 Å². The third-order valence-electron chi connectivity index (χ3n) is 3.51. The minimum atomic E-state index is -0.332. The minimum absolute atomic E-state index is 0.146. The van der Waals surface area contributed by atoms with Gasteiger partial charge in [-0.25, -0.2) is 0 Å². The molecule has 1 aromatic heterocycles. The van der Waals surface area contributed by atoms with E-state index < -0.39 is 0 Å². The summed E-state index contributed by atoms with van der Waals surface area (Å²) in [4.78, 5) is 23.7. The van der Waals surface area contributed by atoms with Gasteiger partial charge >= 0.3 is 5.97 Å². The van der Waals surface area contributed by atoms with Crippen molar-refractivity contribution in [3.63, 3.8) is 0 Å². The number of esters is 1. The summed E-state index contributed by atoms with van der Waals surface area (Å²) in [5.41, 5.74) is 2.14. The van der Waals surface area contributed by atoms with Crippen LogP contribution >= 0.6 is 0 Å². The lowest BCUT2D eigenvalue weighted by Gasteiger charge is -2.11. The molecule has 1 heterocycles. The first-order valence-corrected chi connectivity index (χ1v) is 6.80. The Kier molecular flexibility index (Phi) is 4.74. The number of aromatic nitrogens is 1. The summed E-state index contributed by atoms with van der Waals surface area (Å²) in [6.45, 7) is 2.04. The lowest BCUT2D eigenvalue weighted by Crippen LogP contribution is -2.24. The molecule has 2 aromatic rings. The van der Waals surface area contributed by atoms with Crippen LogP contribution in [-0.2, 0) is 22.5 Å². The Bertz CT molecular complexity index is 800. The Labute approximate surface area is 128 Å². The summed E-state index contributed by atoms with van der Waals surface area (Å²) in [6.07, 6.45) is 1.81. The van der Waals surface area contributed by atoms with Crippen LogP contribution in [0.25, 0.3) is 0 Å². The number of carbonyl (C=O) groups is 1. The number of aryl methyl sites for hydroxylation is 1. The van der Waals surface area contributed by atoms with Gasteiger partial charge in [0.05, 0.1) is 20.1 Å². The molecule has 0 aliphatic heterocycles. The van der Waals surface area contributed by atoms with Crippen LogP contribution in [0.3, 0.4) is 0 Å². The second-order valence-electron chi connectivity index (χ2n) is 4.94. The molecule has 0 saturated heterocycles. The number of ether oxygens (including phenoxy) is 1. The fraction of sp³-hybridized carbons (Fsp3) is 0.235. The molecule has 1 aromatic carbocycles. The van der Waals surface area contributed by atoms with Gasteiger partial charge in [0.2, 0.25) is 0 Å². The molecule has 0 saturated carbocycles. The number of nitrogens with zero attached hydrogens (tertiary/aromatic N) is 2. The fourth-order valence-electron chi connectivity index (χ4n) is 2.22. The third-order valence-corrected chi connectivity index (χ3v) is 3.51. The van der Waals surface area contributed by atoms with E-state index in [9.17, 15) is 9.59 Å². The molecule has 0 aliphatic rings. The van der Waals surface area contributed by atoms with Gasteiger partial charge in [0.15, 0.2) is 0 Å². The quantitative estimate of drug-likeness (QED) is 0.806. The topological polar surface area (TPSA) is 72.1 Å². The summed E-state index contributed by atoms with van der Waals surface area (Å²) in [5, 5.41) is 9.07. The van der Waals surface area contributed by atoms with E-state index in [1.807, 2.05) is 30.3 Å². The van der Waals surface area contributed by atoms with E-state index >= 15 is 0 Å². The van der Waals surface area contributed by atoms with E-state index in [1.54, 1.807) is 19.2 Å². The second kappa shape index (κ2) is 6.72. The summed E-state index contributed by atoms with van der Waals surface area (Å²) < 4.78 is 6.16. The van der Waals surface area contributed by atoms with Gasteiger partial charge in [0.1, 0.15) is 11.6 Å². The molecule has 0 atom stereocenters. The van der Waals surface area contributed by atoms with E-state index in [4.69, 9.17) is 5.26 Å². The highest BCUT2D eigenvalue weighted by Crippen LogP contribution is 2.12. The van der Waals surface area contributed by atoms with Crippen molar-refractivity contribution in [2.24, 2.45) is 0 Å². The minimum Gasteiger partial charge on any atom is -0.469 e. The molecule has 5 nitrogen and oxygen atoms in total. The Morgan fingerprint density at radius 1 is 1.27 bits per heavy atom. The SMILES string of the molecule is COC(=O)Cc1ccccc1Cn1ccc(C)c(C#N)c1=O. The van der Waals surface area contributed by atoms with Crippen LogP contribution in [0, 0.1) is 18.3 Å². The van der Waals surface area contributed by atoms with Gasteiger partial charge in [0.25, 0.3) is 5.56 Å². The first-order valence-electron chi connectivity index (χ1n) is 6.80. The number of hydrogen-bond acceptors (Lipinski definition) is 4. The first kappa shape index (κ1) is 15.5. The Morgan fingerprint density at radius 3 is 2.59 bits per heavy atom. The molecule has 0 N–H and O–H groups in total. The van der Waals surface area contributed by atoms with Crippen LogP contribution in [-0.4, -0.2) is 17.6 Å². The maximum absolute atomic E-state index is 12.3. The van der Waals surface area contributed by atoms with Crippen LogP contribution in [0.2, 0.25) is 0 Å². The third kappa shape index (κ3) is 3.23. The zero-order valence-electron chi connectivity index (χ0n) is 12.5. The molecular weight excluding hydrogens is 280 g/mol. The van der Waals surface area contributed by atoms with Crippen molar-refractivity contribution >= 4 is 5.97 Å². The van der Waals surface area contributed by atoms with Gasteiger partial charge in [-0.1, -0.05) is 24.3 Å². The number of nitriles is 1. The van der Waals surface area contributed by atoms with Crippen LogP contribution in [0.4, 0.5) is 0 Å². The molecule has 2 rings (SSSR count). The largest absolute Gasteiger partial charge is 0.469 e. The smallest absolute Gasteiger partial charge is 0.309 e. The van der Waals surface area contributed by atoms with E-state index in [2.05, 4.69) is 4.74 Å². The van der Waals surface area contributed by atoms with Crippen molar-refractivity contribution in [1.82, 2.24) is 4.57 Å². The van der Waals surface area contributed by atoms with Crippen molar-refractivity contribution in [2.45, 2.75) is 19.9 Å². The van der Waals surface area contributed by atoms with Crippen molar-refractivity contribution < 1.29 is 9.53 Å². The fourth-order valence-corrected chi connectivity index (χ4v) is 2.22. The maximum Gasteiger partial charge on any atom is 0.309 e. The predicted octanol–water partition coefficient (Wildman–Crippen LogP) is 1.79. The summed E-state index contributed by atoms with van der Waals surface area (Å²) in [5.74, 6) is -0.332. The second-order valence-corrected chi connectivity index (χ2v) is 4.94. The lowest BCUT2D eigenvalue weighted by molar-refractivity contribution is -0.139. The van der Waals surface area contributed by atoms with Gasteiger partial charge in [-0.15, -0.1) is 0 Å². The summed E-state index contributed by atoms with van der Waals surface area (Å²) in [6, 6.07) is 11.0. The average Bonchev–Trinajstić information content (AvgIpc) is 2.52. The van der Waals surface area contributed by atoms with Crippen molar-refractivity contribution in [1.29, 1.82) is 5.26 Å². The Hall–Kier alpha value is -2.87. The van der Waals surface area contributed by atoms with Crippen LogP contribution < -0.4 is 5.56 Å². The van der Waals surface area contributed by atoms with Crippen molar-refractivity contribution in [3.8, 4) is 6.07 Å². The van der Waals surface area contributed by atoms with Gasteiger partial charge < -0.3 is 9.30 Å². The normalized spacial score (nSPS) is 10.0. The molecule has 5 heteroatoms. The molecule has 0 aliphatic carbocycles. The Balaban J connectivity index is 2.39. The van der Waals surface area contributed by atoms with E-state index in [-0.39, 0.29) is 23.5 Å². The zero-order chi connectivity index (χ0) is 16.1. The highest BCUT2D eigenvalue weighted by atomic mass is 16.5. The average molecular weight is 296 g/mol. The summed E-state index contributed by atoms with van der Waals surface area (Å²) >= 11 is 0. The molecule has 0 fully saturated rings. The molecule has 0 bridgehead atoms. The van der Waals surface area contributed by atoms with Gasteiger partial charge in [-0.2, -0.15) is 5.26 Å². The number of carbonyl (C=O) groups excluding carboxylic acids is 1. The monoisotopic (exact) mass is 296 g/mol. The van der Waals surface area contributed by atoms with E-state index in [0.717, 1.165) is 11.1 Å². The molecule has 0 spiro atoms. The lowest BCUT2D eigenvalue weighted by atomic mass is 10.0. The highest BCUT2D eigenvalue weighted by molar-refractivity contribution is 5.72. The Morgan fingerprint density at radius 2 is 1.95 bits per heavy atom. The predicted molar refractivity (Wildman–Crippen MR) is 81.4 cm³/mol. The standard InChI is InChI=1S/C17H16N2O3/c1-12-7-8-19(17(21)15(12)10-18)11-14-6-4-3-5-13(14)9-16(20)22-2/h3-8H,9,11H2,1-2H3. The van der Waals surface area contributed by atoms with Crippen LogP contribution in [0.15, 0.2) is 41.3 Å². The highest BCUT2D eigenvalue weighted by Gasteiger charge is 2.11. The van der Waals surface area contributed by atoms with E-state index in [1.165, 1.54) is 11.7 Å². The van der Waals surface area contributed by atoms with Gasteiger partial charge in [-0.3, -0.25) is 9.59 Å². The molecular formula is C17H16N2O3. The van der Waals surface area contributed by atoms with Crippen molar-refractivity contribution in [3.05, 3.63) is 69.1 Å². The number of hydrogen-bond donors (Lipinski definition) is 0. The first-order chi connectivity index (χ1) is 10.6. The molecule has 0 unspecified atom stereocenters. The number of rotatable bonds is 4. The van der Waals surface area contributed by atoms with Crippen LogP contribution in [0.1, 0.15) is 22.3 Å². The molecule has 0 radical (unpaired) electrons. The number of pyridine rings is 1. The maximum atomic E-state index is 12.3. The molecule has 112 valence electrons. The van der Waals surface area contributed by atoms with Crippen LogP contribution in [0.5, 0.6) is 0 Å². The number of methoxy groups -OCH3 is 1. The molecule has 22 heavy (non-hydrogen) atoms. The van der Waals surface area contributed by atoms with Crippen molar-refractivity contribution in [2.75, 3.05) is 7.11 Å². The zero-order valence-corrected chi connectivity index (χ0v) is 12.5.